The van der Waals surface area contributed by atoms with Gasteiger partial charge in [0.25, 0.3) is 0 Å². The summed E-state index contributed by atoms with van der Waals surface area (Å²) in [6, 6.07) is 8.68. The van der Waals surface area contributed by atoms with Gasteiger partial charge in [0.15, 0.2) is 0 Å². The van der Waals surface area contributed by atoms with E-state index in [1.165, 1.54) is 16.5 Å². The highest BCUT2D eigenvalue weighted by atomic mass is 15.0. The molecule has 0 aliphatic carbocycles. The fraction of sp³-hybridized carbons (Fsp3) is 0.474. The molecule has 1 N–H and O–H groups in total. The number of hydrogen-bond acceptors (Lipinski definition) is 1. The molecule has 0 amide bonds. The SMILES string of the molecule is CC#CCCn1cc(CCNCC(C)C)c2ccccc21. The van der Waals surface area contributed by atoms with E-state index in [1.54, 1.807) is 0 Å². The van der Waals surface area contributed by atoms with E-state index in [0.29, 0.717) is 5.92 Å². The molecule has 2 heteroatoms. The maximum atomic E-state index is 3.53. The number of nitrogens with zero attached hydrogens (tertiary/aromatic N) is 1. The molecule has 0 atom stereocenters. The highest BCUT2D eigenvalue weighted by Gasteiger charge is 2.07. The Labute approximate surface area is 128 Å². The molecule has 0 fully saturated rings. The van der Waals surface area contributed by atoms with Gasteiger partial charge in [-0.05, 0) is 44.0 Å². The molecule has 112 valence electrons. The van der Waals surface area contributed by atoms with Crippen LogP contribution in [0.4, 0.5) is 0 Å². The van der Waals surface area contributed by atoms with Gasteiger partial charge in [-0.2, -0.15) is 0 Å². The third-order valence-electron chi connectivity index (χ3n) is 3.65. The van der Waals surface area contributed by atoms with Crippen molar-refractivity contribution in [3.05, 3.63) is 36.0 Å². The molecule has 2 rings (SSSR count). The van der Waals surface area contributed by atoms with Crippen LogP contribution in [0.15, 0.2) is 30.5 Å². The first-order valence-corrected chi connectivity index (χ1v) is 7.89. The van der Waals surface area contributed by atoms with Crippen molar-refractivity contribution < 1.29 is 0 Å². The van der Waals surface area contributed by atoms with Crippen molar-refractivity contribution in [3.8, 4) is 11.8 Å². The van der Waals surface area contributed by atoms with Crippen LogP contribution in [0, 0.1) is 17.8 Å². The van der Waals surface area contributed by atoms with Gasteiger partial charge in [0.2, 0.25) is 0 Å². The summed E-state index contributed by atoms with van der Waals surface area (Å²) in [6.45, 7) is 9.49. The van der Waals surface area contributed by atoms with Crippen LogP contribution in [-0.4, -0.2) is 17.7 Å². The molecule has 0 bridgehead atoms. The summed E-state index contributed by atoms with van der Waals surface area (Å²) in [5.41, 5.74) is 2.76. The Bertz CT molecular complexity index is 626. The van der Waals surface area contributed by atoms with Gasteiger partial charge < -0.3 is 9.88 Å². The van der Waals surface area contributed by atoms with Crippen LogP contribution in [-0.2, 0) is 13.0 Å². The quantitative estimate of drug-likeness (QED) is 0.603. The maximum absolute atomic E-state index is 3.53. The van der Waals surface area contributed by atoms with Gasteiger partial charge in [-0.15, -0.1) is 11.8 Å². The smallest absolute Gasteiger partial charge is 0.0483 e. The van der Waals surface area contributed by atoms with Crippen molar-refractivity contribution >= 4 is 10.9 Å². The standard InChI is InChI=1S/C19H26N2/c1-4-5-8-13-21-15-17(11-12-20-14-16(2)3)18-9-6-7-10-19(18)21/h6-7,9-10,15-16,20H,8,11-14H2,1-3H3. The summed E-state index contributed by atoms with van der Waals surface area (Å²) < 4.78 is 2.34. The third-order valence-corrected chi connectivity index (χ3v) is 3.65. The fourth-order valence-corrected chi connectivity index (χ4v) is 2.62. The molecule has 0 spiro atoms. The fourth-order valence-electron chi connectivity index (χ4n) is 2.62. The lowest BCUT2D eigenvalue weighted by Crippen LogP contribution is -2.22. The van der Waals surface area contributed by atoms with Crippen molar-refractivity contribution in [1.29, 1.82) is 0 Å². The largest absolute Gasteiger partial charge is 0.346 e. The highest BCUT2D eigenvalue weighted by molar-refractivity contribution is 5.84. The predicted octanol–water partition coefficient (Wildman–Crippen LogP) is 3.84. The molecule has 1 aromatic heterocycles. The predicted molar refractivity (Wildman–Crippen MR) is 91.4 cm³/mol. The van der Waals surface area contributed by atoms with E-state index < -0.39 is 0 Å². The maximum Gasteiger partial charge on any atom is 0.0483 e. The number of aromatic nitrogens is 1. The minimum absolute atomic E-state index is 0.707. The zero-order chi connectivity index (χ0) is 15.1. The van der Waals surface area contributed by atoms with Crippen LogP contribution < -0.4 is 5.32 Å². The number of benzene rings is 1. The lowest BCUT2D eigenvalue weighted by atomic mass is 10.1. The van der Waals surface area contributed by atoms with Gasteiger partial charge in [-0.25, -0.2) is 0 Å². The minimum atomic E-state index is 0.707. The molecular weight excluding hydrogens is 256 g/mol. The lowest BCUT2D eigenvalue weighted by molar-refractivity contribution is 0.554. The van der Waals surface area contributed by atoms with Gasteiger partial charge in [-0.1, -0.05) is 32.0 Å². The van der Waals surface area contributed by atoms with E-state index in [1.807, 2.05) is 6.92 Å². The van der Waals surface area contributed by atoms with Crippen molar-refractivity contribution in [3.63, 3.8) is 0 Å². The summed E-state index contributed by atoms with van der Waals surface area (Å²) in [5, 5.41) is 4.91. The molecule has 2 aromatic rings. The zero-order valence-corrected chi connectivity index (χ0v) is 13.4. The van der Waals surface area contributed by atoms with E-state index in [-0.39, 0.29) is 0 Å². The van der Waals surface area contributed by atoms with Crippen LogP contribution in [0.2, 0.25) is 0 Å². The number of fused-ring (bicyclic) bond motifs is 1. The van der Waals surface area contributed by atoms with E-state index in [0.717, 1.165) is 32.5 Å². The average molecular weight is 282 g/mol. The normalized spacial score (nSPS) is 10.9. The van der Waals surface area contributed by atoms with E-state index in [9.17, 15) is 0 Å². The highest BCUT2D eigenvalue weighted by Crippen LogP contribution is 2.21. The average Bonchev–Trinajstić information content (AvgIpc) is 2.82. The minimum Gasteiger partial charge on any atom is -0.346 e. The lowest BCUT2D eigenvalue weighted by Gasteiger charge is -2.06. The number of para-hydroxylation sites is 1. The molecule has 2 nitrogen and oxygen atoms in total. The van der Waals surface area contributed by atoms with E-state index >= 15 is 0 Å². The Morgan fingerprint density at radius 1 is 1.24 bits per heavy atom. The molecule has 21 heavy (non-hydrogen) atoms. The van der Waals surface area contributed by atoms with Gasteiger partial charge in [0.05, 0.1) is 0 Å². The first-order valence-electron chi connectivity index (χ1n) is 7.89. The van der Waals surface area contributed by atoms with Crippen molar-refractivity contribution in [2.45, 2.75) is 40.2 Å². The Hall–Kier alpha value is -1.72. The second-order valence-electron chi connectivity index (χ2n) is 5.89. The molecule has 1 heterocycles. The van der Waals surface area contributed by atoms with Crippen LogP contribution in [0.3, 0.4) is 0 Å². The van der Waals surface area contributed by atoms with Crippen LogP contribution >= 0.6 is 0 Å². The number of hydrogen-bond donors (Lipinski definition) is 1. The summed E-state index contributed by atoms with van der Waals surface area (Å²) in [7, 11) is 0. The van der Waals surface area contributed by atoms with Crippen molar-refractivity contribution in [2.24, 2.45) is 5.92 Å². The summed E-state index contributed by atoms with van der Waals surface area (Å²) in [5.74, 6) is 6.83. The molecule has 0 radical (unpaired) electrons. The first kappa shape index (κ1) is 15.7. The topological polar surface area (TPSA) is 17.0 Å². The van der Waals surface area contributed by atoms with E-state index in [4.69, 9.17) is 0 Å². The number of nitrogens with one attached hydrogen (secondary N) is 1. The van der Waals surface area contributed by atoms with E-state index in [2.05, 4.69) is 66.0 Å². The Kier molecular flexibility index (Phi) is 5.90. The Balaban J connectivity index is 2.09. The Morgan fingerprint density at radius 3 is 2.81 bits per heavy atom. The van der Waals surface area contributed by atoms with Crippen LogP contribution in [0.5, 0.6) is 0 Å². The second-order valence-corrected chi connectivity index (χ2v) is 5.89. The monoisotopic (exact) mass is 282 g/mol. The van der Waals surface area contributed by atoms with Gasteiger partial charge in [0, 0.05) is 30.1 Å². The molecule has 0 aliphatic rings. The second kappa shape index (κ2) is 7.90. The third kappa shape index (κ3) is 4.37. The van der Waals surface area contributed by atoms with Crippen molar-refractivity contribution in [2.75, 3.05) is 13.1 Å². The molecule has 0 unspecified atom stereocenters. The van der Waals surface area contributed by atoms with Crippen LogP contribution in [0.25, 0.3) is 10.9 Å². The number of rotatable bonds is 7. The molecule has 0 saturated heterocycles. The number of aryl methyl sites for hydroxylation is 1. The van der Waals surface area contributed by atoms with Crippen LogP contribution in [0.1, 0.15) is 32.8 Å². The molecule has 0 saturated carbocycles. The zero-order valence-electron chi connectivity index (χ0n) is 13.4. The summed E-state index contributed by atoms with van der Waals surface area (Å²) >= 11 is 0. The molecule has 0 aliphatic heterocycles. The van der Waals surface area contributed by atoms with Gasteiger partial charge in [0.1, 0.15) is 0 Å². The summed E-state index contributed by atoms with van der Waals surface area (Å²) in [4.78, 5) is 0. The van der Waals surface area contributed by atoms with Crippen molar-refractivity contribution in [1.82, 2.24) is 9.88 Å². The first-order chi connectivity index (χ1) is 10.2. The Morgan fingerprint density at radius 2 is 2.05 bits per heavy atom. The van der Waals surface area contributed by atoms with Gasteiger partial charge >= 0.3 is 0 Å². The summed E-state index contributed by atoms with van der Waals surface area (Å²) in [6.07, 6.45) is 4.30. The molecular formula is C19H26N2. The van der Waals surface area contributed by atoms with Gasteiger partial charge in [-0.3, -0.25) is 0 Å². The molecule has 1 aromatic carbocycles.